The molecule has 0 spiro atoms. The summed E-state index contributed by atoms with van der Waals surface area (Å²) in [4.78, 5) is 0. The third kappa shape index (κ3) is 5.27. The average molecular weight is 255 g/mol. The van der Waals surface area contributed by atoms with E-state index in [0.717, 1.165) is 30.9 Å². The van der Waals surface area contributed by atoms with E-state index in [1.165, 1.54) is 25.7 Å². The second-order valence-electron chi connectivity index (χ2n) is 6.64. The van der Waals surface area contributed by atoms with E-state index in [4.69, 9.17) is 4.74 Å². The molecule has 2 heteroatoms. The SMILES string of the molecule is CCNC(CC(C)COC)C1CC(C)CC(C)C1. The van der Waals surface area contributed by atoms with Gasteiger partial charge in [0.15, 0.2) is 0 Å². The van der Waals surface area contributed by atoms with E-state index >= 15 is 0 Å². The van der Waals surface area contributed by atoms with Gasteiger partial charge in [-0.25, -0.2) is 0 Å². The molecule has 0 aromatic carbocycles. The number of nitrogens with one attached hydrogen (secondary N) is 1. The van der Waals surface area contributed by atoms with Crippen molar-refractivity contribution in [2.45, 2.75) is 59.4 Å². The van der Waals surface area contributed by atoms with Gasteiger partial charge >= 0.3 is 0 Å². The van der Waals surface area contributed by atoms with Crippen LogP contribution in [0.4, 0.5) is 0 Å². The number of methoxy groups -OCH3 is 1. The molecule has 1 rings (SSSR count). The van der Waals surface area contributed by atoms with Crippen LogP contribution < -0.4 is 5.32 Å². The second-order valence-corrected chi connectivity index (χ2v) is 6.64. The molecule has 1 aliphatic rings. The quantitative estimate of drug-likeness (QED) is 0.749. The van der Waals surface area contributed by atoms with Gasteiger partial charge in [0.05, 0.1) is 0 Å². The van der Waals surface area contributed by atoms with Crippen LogP contribution in [-0.2, 0) is 4.74 Å². The highest BCUT2D eigenvalue weighted by molar-refractivity contribution is 4.84. The predicted octanol–water partition coefficient (Wildman–Crippen LogP) is 3.71. The van der Waals surface area contributed by atoms with Crippen LogP contribution in [0.3, 0.4) is 0 Å². The van der Waals surface area contributed by atoms with Crippen LogP contribution in [0, 0.1) is 23.7 Å². The molecule has 1 N–H and O–H groups in total. The summed E-state index contributed by atoms with van der Waals surface area (Å²) in [5.41, 5.74) is 0. The molecular weight excluding hydrogens is 222 g/mol. The molecule has 0 amide bonds. The lowest BCUT2D eigenvalue weighted by Gasteiger charge is -2.38. The van der Waals surface area contributed by atoms with Crippen molar-refractivity contribution in [1.29, 1.82) is 0 Å². The standard InChI is InChI=1S/C16H33NO/c1-6-17-16(10-14(4)11-18-5)15-8-12(2)7-13(3)9-15/h12-17H,6-11H2,1-5H3. The van der Waals surface area contributed by atoms with E-state index in [9.17, 15) is 0 Å². The minimum absolute atomic E-state index is 0.659. The Morgan fingerprint density at radius 1 is 1.17 bits per heavy atom. The minimum Gasteiger partial charge on any atom is -0.384 e. The molecule has 0 radical (unpaired) electrons. The van der Waals surface area contributed by atoms with Crippen molar-refractivity contribution in [3.05, 3.63) is 0 Å². The number of hydrogen-bond donors (Lipinski definition) is 1. The average Bonchev–Trinajstić information content (AvgIpc) is 2.27. The van der Waals surface area contributed by atoms with Gasteiger partial charge in [-0.15, -0.1) is 0 Å². The first kappa shape index (κ1) is 16.0. The molecule has 1 fully saturated rings. The fraction of sp³-hybridized carbons (Fsp3) is 1.00. The summed E-state index contributed by atoms with van der Waals surface area (Å²) in [5, 5.41) is 3.73. The van der Waals surface area contributed by atoms with Crippen molar-refractivity contribution in [3.63, 3.8) is 0 Å². The maximum atomic E-state index is 5.28. The third-order valence-corrected chi connectivity index (χ3v) is 4.36. The summed E-state index contributed by atoms with van der Waals surface area (Å²) in [6.45, 7) is 11.4. The molecule has 0 aliphatic heterocycles. The first-order valence-corrected chi connectivity index (χ1v) is 7.79. The predicted molar refractivity (Wildman–Crippen MR) is 78.8 cm³/mol. The molecule has 2 nitrogen and oxygen atoms in total. The van der Waals surface area contributed by atoms with Crippen molar-refractivity contribution in [2.24, 2.45) is 23.7 Å². The molecule has 4 unspecified atom stereocenters. The second kappa shape index (κ2) is 8.16. The zero-order chi connectivity index (χ0) is 13.5. The van der Waals surface area contributed by atoms with Gasteiger partial charge in [-0.05, 0) is 55.9 Å². The van der Waals surface area contributed by atoms with Gasteiger partial charge in [-0.3, -0.25) is 0 Å². The van der Waals surface area contributed by atoms with Crippen molar-refractivity contribution < 1.29 is 4.74 Å². The maximum Gasteiger partial charge on any atom is 0.0488 e. The summed E-state index contributed by atoms with van der Waals surface area (Å²) in [7, 11) is 1.81. The highest BCUT2D eigenvalue weighted by Crippen LogP contribution is 2.36. The van der Waals surface area contributed by atoms with Crippen molar-refractivity contribution in [2.75, 3.05) is 20.3 Å². The first-order valence-electron chi connectivity index (χ1n) is 7.79. The lowest BCUT2D eigenvalue weighted by atomic mass is 9.72. The Labute approximate surface area is 114 Å². The van der Waals surface area contributed by atoms with Gasteiger partial charge in [0.1, 0.15) is 0 Å². The Hall–Kier alpha value is -0.0800. The smallest absolute Gasteiger partial charge is 0.0488 e. The third-order valence-electron chi connectivity index (χ3n) is 4.36. The normalized spacial score (nSPS) is 32.2. The molecule has 0 saturated heterocycles. The molecule has 18 heavy (non-hydrogen) atoms. The number of ether oxygens (including phenoxy) is 1. The number of hydrogen-bond acceptors (Lipinski definition) is 2. The van der Waals surface area contributed by atoms with E-state index in [1.54, 1.807) is 0 Å². The van der Waals surface area contributed by atoms with Crippen molar-refractivity contribution in [3.8, 4) is 0 Å². The Morgan fingerprint density at radius 3 is 2.28 bits per heavy atom. The molecule has 108 valence electrons. The minimum atomic E-state index is 0.659. The lowest BCUT2D eigenvalue weighted by molar-refractivity contribution is 0.123. The van der Waals surface area contributed by atoms with Crippen LogP contribution in [0.15, 0.2) is 0 Å². The van der Waals surface area contributed by atoms with Crippen LogP contribution >= 0.6 is 0 Å². The van der Waals surface area contributed by atoms with E-state index in [2.05, 4.69) is 33.0 Å². The summed E-state index contributed by atoms with van der Waals surface area (Å²) >= 11 is 0. The van der Waals surface area contributed by atoms with Gasteiger partial charge in [0.25, 0.3) is 0 Å². The van der Waals surface area contributed by atoms with Gasteiger partial charge < -0.3 is 10.1 Å². The Bertz CT molecular complexity index is 209. The van der Waals surface area contributed by atoms with Gasteiger partial charge in [0, 0.05) is 19.8 Å². The van der Waals surface area contributed by atoms with Gasteiger partial charge in [0.2, 0.25) is 0 Å². The van der Waals surface area contributed by atoms with Crippen LogP contribution in [0.25, 0.3) is 0 Å². The highest BCUT2D eigenvalue weighted by Gasteiger charge is 2.30. The Balaban J connectivity index is 2.53. The van der Waals surface area contributed by atoms with Crippen LogP contribution in [0.1, 0.15) is 53.4 Å². The van der Waals surface area contributed by atoms with Gasteiger partial charge in [-0.1, -0.05) is 27.7 Å². The molecule has 1 saturated carbocycles. The van der Waals surface area contributed by atoms with Crippen molar-refractivity contribution >= 4 is 0 Å². The molecule has 1 aliphatic carbocycles. The fourth-order valence-corrected chi connectivity index (χ4v) is 3.83. The lowest BCUT2D eigenvalue weighted by Crippen LogP contribution is -2.41. The first-order chi connectivity index (χ1) is 8.56. The molecule has 0 aromatic heterocycles. The van der Waals surface area contributed by atoms with Crippen LogP contribution in [0.5, 0.6) is 0 Å². The molecular formula is C16H33NO. The van der Waals surface area contributed by atoms with E-state index < -0.39 is 0 Å². The Morgan fingerprint density at radius 2 is 1.78 bits per heavy atom. The topological polar surface area (TPSA) is 21.3 Å². The molecule has 0 bridgehead atoms. The number of rotatable bonds is 7. The fourth-order valence-electron chi connectivity index (χ4n) is 3.83. The van der Waals surface area contributed by atoms with Gasteiger partial charge in [-0.2, -0.15) is 0 Å². The highest BCUT2D eigenvalue weighted by atomic mass is 16.5. The molecule has 0 aromatic rings. The van der Waals surface area contributed by atoms with E-state index in [-0.39, 0.29) is 0 Å². The summed E-state index contributed by atoms with van der Waals surface area (Å²) in [6.07, 6.45) is 5.48. The van der Waals surface area contributed by atoms with E-state index in [0.29, 0.717) is 12.0 Å². The zero-order valence-corrected chi connectivity index (χ0v) is 13.0. The zero-order valence-electron chi connectivity index (χ0n) is 13.0. The summed E-state index contributed by atoms with van der Waals surface area (Å²) in [6, 6.07) is 0.686. The van der Waals surface area contributed by atoms with Crippen LogP contribution in [0.2, 0.25) is 0 Å². The maximum absolute atomic E-state index is 5.28. The molecule has 0 heterocycles. The summed E-state index contributed by atoms with van der Waals surface area (Å²) < 4.78 is 5.28. The largest absolute Gasteiger partial charge is 0.384 e. The van der Waals surface area contributed by atoms with Crippen LogP contribution in [-0.4, -0.2) is 26.3 Å². The van der Waals surface area contributed by atoms with Crippen molar-refractivity contribution in [1.82, 2.24) is 5.32 Å². The Kier molecular flexibility index (Phi) is 7.25. The molecule has 4 atom stereocenters. The summed E-state index contributed by atoms with van der Waals surface area (Å²) in [5.74, 6) is 3.32. The monoisotopic (exact) mass is 255 g/mol. The van der Waals surface area contributed by atoms with E-state index in [1.807, 2.05) is 7.11 Å².